The van der Waals surface area contributed by atoms with E-state index < -0.39 is 0 Å². The highest BCUT2D eigenvalue weighted by Crippen LogP contribution is 2.14. The Labute approximate surface area is 138 Å². The predicted octanol–water partition coefficient (Wildman–Crippen LogP) is 6.40. The van der Waals surface area contributed by atoms with Crippen molar-refractivity contribution in [3.05, 3.63) is 34.9 Å². The fourth-order valence-electron chi connectivity index (χ4n) is 2.37. The molecule has 0 aliphatic rings. The number of unbranched alkanes of at least 4 members (excludes halogenated alkanes) is 7. The molecular formula is C18H27ClOS. The van der Waals surface area contributed by atoms with Crippen molar-refractivity contribution in [2.45, 2.75) is 57.8 Å². The third kappa shape index (κ3) is 9.21. The van der Waals surface area contributed by atoms with E-state index in [0.29, 0.717) is 11.4 Å². The maximum absolute atomic E-state index is 11.9. The summed E-state index contributed by atoms with van der Waals surface area (Å²) in [5.41, 5.74) is 0.785. The first-order chi connectivity index (χ1) is 10.2. The Kier molecular flexibility index (Phi) is 10.7. The number of Topliss-reactive ketones (excluding diaryl/α,β-unsaturated/α-hetero) is 1. The van der Waals surface area contributed by atoms with Crippen molar-refractivity contribution in [2.75, 3.05) is 12.0 Å². The van der Waals surface area contributed by atoms with Gasteiger partial charge in [-0.05, 0) is 49.1 Å². The largest absolute Gasteiger partial charge is 0.294 e. The van der Waals surface area contributed by atoms with E-state index in [1.807, 2.05) is 23.9 Å². The Morgan fingerprint density at radius 3 is 2.00 bits per heavy atom. The molecule has 0 bridgehead atoms. The minimum atomic E-state index is 0.240. The normalized spacial score (nSPS) is 10.8. The second kappa shape index (κ2) is 12.1. The summed E-state index contributed by atoms with van der Waals surface area (Å²) in [5, 5.41) is 0.684. The fourth-order valence-corrected chi connectivity index (χ4v) is 2.99. The molecule has 1 rings (SSSR count). The van der Waals surface area contributed by atoms with Gasteiger partial charge in [0, 0.05) is 17.0 Å². The Hall–Kier alpha value is -0.470. The van der Waals surface area contributed by atoms with Gasteiger partial charge < -0.3 is 0 Å². The smallest absolute Gasteiger partial charge is 0.162 e. The van der Waals surface area contributed by atoms with E-state index in [-0.39, 0.29) is 5.78 Å². The maximum atomic E-state index is 11.9. The van der Waals surface area contributed by atoms with Crippen molar-refractivity contribution in [3.8, 4) is 0 Å². The predicted molar refractivity (Wildman–Crippen MR) is 95.7 cm³/mol. The first-order valence-corrected chi connectivity index (χ1v) is 9.79. The Morgan fingerprint density at radius 1 is 0.905 bits per heavy atom. The van der Waals surface area contributed by atoms with Crippen molar-refractivity contribution in [3.63, 3.8) is 0 Å². The summed E-state index contributed by atoms with van der Waals surface area (Å²) in [6.45, 7) is 0. The molecule has 0 spiro atoms. The quantitative estimate of drug-likeness (QED) is 0.326. The topological polar surface area (TPSA) is 17.1 Å². The van der Waals surface area contributed by atoms with Gasteiger partial charge in [-0.25, -0.2) is 0 Å². The van der Waals surface area contributed by atoms with Crippen LogP contribution < -0.4 is 0 Å². The lowest BCUT2D eigenvalue weighted by Gasteiger charge is -2.03. The summed E-state index contributed by atoms with van der Waals surface area (Å²) in [5.74, 6) is 1.54. The van der Waals surface area contributed by atoms with Gasteiger partial charge >= 0.3 is 0 Å². The summed E-state index contributed by atoms with van der Waals surface area (Å²) >= 11 is 7.76. The van der Waals surface area contributed by atoms with Crippen LogP contribution in [0.1, 0.15) is 68.1 Å². The number of hydrogen-bond donors (Lipinski definition) is 0. The van der Waals surface area contributed by atoms with Gasteiger partial charge in [0.2, 0.25) is 0 Å². The summed E-state index contributed by atoms with van der Waals surface area (Å²) in [4.78, 5) is 11.9. The number of carbonyl (C=O) groups is 1. The van der Waals surface area contributed by atoms with E-state index in [9.17, 15) is 4.79 Å². The van der Waals surface area contributed by atoms with Crippen LogP contribution in [0.5, 0.6) is 0 Å². The Bertz CT molecular complexity index is 389. The molecule has 0 saturated heterocycles. The van der Waals surface area contributed by atoms with Gasteiger partial charge in [0.1, 0.15) is 0 Å². The van der Waals surface area contributed by atoms with E-state index in [2.05, 4.69) is 6.26 Å². The van der Waals surface area contributed by atoms with Crippen LogP contribution in [0, 0.1) is 0 Å². The Morgan fingerprint density at radius 2 is 1.43 bits per heavy atom. The summed E-state index contributed by atoms with van der Waals surface area (Å²) in [6.07, 6.45) is 13.0. The molecule has 0 aromatic heterocycles. The highest BCUT2D eigenvalue weighted by atomic mass is 35.5. The van der Waals surface area contributed by atoms with Crippen LogP contribution >= 0.6 is 23.4 Å². The molecule has 0 unspecified atom stereocenters. The minimum absolute atomic E-state index is 0.240. The molecule has 1 aromatic rings. The molecule has 0 N–H and O–H groups in total. The third-order valence-electron chi connectivity index (χ3n) is 3.67. The molecule has 1 nitrogen and oxygen atoms in total. The number of halogens is 1. The van der Waals surface area contributed by atoms with Crippen LogP contribution in [0.4, 0.5) is 0 Å². The second-order valence-corrected chi connectivity index (χ2v) is 6.92. The highest BCUT2D eigenvalue weighted by molar-refractivity contribution is 7.98. The van der Waals surface area contributed by atoms with Gasteiger partial charge in [-0.1, -0.05) is 50.1 Å². The van der Waals surface area contributed by atoms with Crippen molar-refractivity contribution in [2.24, 2.45) is 0 Å². The fraction of sp³-hybridized carbons (Fsp3) is 0.611. The zero-order valence-corrected chi connectivity index (χ0v) is 14.6. The molecule has 0 aliphatic heterocycles. The molecule has 0 fully saturated rings. The molecule has 118 valence electrons. The van der Waals surface area contributed by atoms with Gasteiger partial charge in [0.25, 0.3) is 0 Å². The highest BCUT2D eigenvalue weighted by Gasteiger charge is 2.04. The van der Waals surface area contributed by atoms with Crippen LogP contribution in [-0.2, 0) is 0 Å². The molecule has 1 aromatic carbocycles. The van der Waals surface area contributed by atoms with Crippen LogP contribution in [0.3, 0.4) is 0 Å². The molecule has 3 heteroatoms. The maximum Gasteiger partial charge on any atom is 0.162 e. The van der Waals surface area contributed by atoms with Crippen LogP contribution in [0.2, 0.25) is 5.02 Å². The lowest BCUT2D eigenvalue weighted by atomic mass is 10.0. The van der Waals surface area contributed by atoms with Gasteiger partial charge in [0.05, 0.1) is 0 Å². The third-order valence-corrected chi connectivity index (χ3v) is 4.62. The van der Waals surface area contributed by atoms with Crippen LogP contribution in [0.15, 0.2) is 24.3 Å². The zero-order chi connectivity index (χ0) is 15.3. The molecular weight excluding hydrogens is 300 g/mol. The van der Waals surface area contributed by atoms with Crippen molar-refractivity contribution in [1.29, 1.82) is 0 Å². The summed E-state index contributed by atoms with van der Waals surface area (Å²) in [7, 11) is 0. The molecule has 0 atom stereocenters. The van der Waals surface area contributed by atoms with Crippen LogP contribution in [-0.4, -0.2) is 17.8 Å². The summed E-state index contributed by atoms with van der Waals surface area (Å²) in [6, 6.07) is 7.20. The standard InChI is InChI=1S/C18H27ClOS/c1-21-15-9-7-5-3-2-4-6-8-10-18(20)16-11-13-17(19)14-12-16/h11-14H,2-10,15H2,1H3. The molecule has 21 heavy (non-hydrogen) atoms. The number of thioether (sulfide) groups is 1. The van der Waals surface area contributed by atoms with E-state index in [1.165, 1.54) is 50.7 Å². The number of rotatable bonds is 12. The first kappa shape index (κ1) is 18.6. The van der Waals surface area contributed by atoms with E-state index in [4.69, 9.17) is 11.6 Å². The van der Waals surface area contributed by atoms with Crippen molar-refractivity contribution in [1.82, 2.24) is 0 Å². The average molecular weight is 327 g/mol. The number of hydrogen-bond acceptors (Lipinski definition) is 2. The second-order valence-electron chi connectivity index (χ2n) is 5.50. The number of benzene rings is 1. The molecule has 0 aliphatic carbocycles. The lowest BCUT2D eigenvalue weighted by molar-refractivity contribution is 0.0979. The SMILES string of the molecule is CSCCCCCCCCCCC(=O)c1ccc(Cl)cc1. The lowest BCUT2D eigenvalue weighted by Crippen LogP contribution is -1.98. The zero-order valence-electron chi connectivity index (χ0n) is 13.1. The molecule has 0 saturated carbocycles. The number of carbonyl (C=O) groups excluding carboxylic acids is 1. The van der Waals surface area contributed by atoms with Gasteiger partial charge in [0.15, 0.2) is 5.78 Å². The number of ketones is 1. The van der Waals surface area contributed by atoms with Gasteiger partial charge in [-0.2, -0.15) is 11.8 Å². The molecule has 0 amide bonds. The van der Waals surface area contributed by atoms with Crippen molar-refractivity contribution < 1.29 is 4.79 Å². The minimum Gasteiger partial charge on any atom is -0.294 e. The van der Waals surface area contributed by atoms with E-state index in [1.54, 1.807) is 12.1 Å². The van der Waals surface area contributed by atoms with Crippen molar-refractivity contribution >= 4 is 29.1 Å². The van der Waals surface area contributed by atoms with Gasteiger partial charge in [-0.15, -0.1) is 0 Å². The first-order valence-electron chi connectivity index (χ1n) is 8.01. The van der Waals surface area contributed by atoms with Crippen LogP contribution in [0.25, 0.3) is 0 Å². The monoisotopic (exact) mass is 326 g/mol. The average Bonchev–Trinajstić information content (AvgIpc) is 2.49. The molecule has 0 heterocycles. The molecule has 0 radical (unpaired) electrons. The van der Waals surface area contributed by atoms with E-state index in [0.717, 1.165) is 12.0 Å². The van der Waals surface area contributed by atoms with E-state index >= 15 is 0 Å². The Balaban J connectivity index is 1.96. The summed E-state index contributed by atoms with van der Waals surface area (Å²) < 4.78 is 0. The van der Waals surface area contributed by atoms with Gasteiger partial charge in [-0.3, -0.25) is 4.79 Å².